The molecule has 0 spiro atoms. The Hall–Kier alpha value is 0.790. The van der Waals surface area contributed by atoms with E-state index in [0.29, 0.717) is 11.4 Å². The van der Waals surface area contributed by atoms with E-state index in [-0.39, 0.29) is 0 Å². The molecule has 0 bridgehead atoms. The second-order valence-corrected chi connectivity index (χ2v) is 6.01. The highest BCUT2D eigenvalue weighted by Crippen LogP contribution is 2.53. The van der Waals surface area contributed by atoms with Gasteiger partial charge in [-0.05, 0) is 18.3 Å². The molecule has 3 nitrogen and oxygen atoms in total. The normalized spacial score (nSPS) is 16.0. The first-order valence-electron chi connectivity index (χ1n) is 1.80. The van der Waals surface area contributed by atoms with E-state index in [1.807, 2.05) is 0 Å². The van der Waals surface area contributed by atoms with Crippen LogP contribution in [0.3, 0.4) is 0 Å². The Bertz CT molecular complexity index is 110. The van der Waals surface area contributed by atoms with Crippen LogP contribution in [-0.2, 0) is 4.57 Å². The number of hydrogen-bond donors (Lipinski definition) is 2. The van der Waals surface area contributed by atoms with Crippen molar-refractivity contribution in [3.05, 3.63) is 0 Å². The molecule has 0 rings (SSSR count). The van der Waals surface area contributed by atoms with Crippen molar-refractivity contribution in [2.24, 2.45) is 0 Å². The summed E-state index contributed by atoms with van der Waals surface area (Å²) in [5, 5.41) is 0. The van der Waals surface area contributed by atoms with Gasteiger partial charge in [0.25, 0.3) is 0 Å². The lowest BCUT2D eigenvalue weighted by atomic mass is 11.0. The fourth-order valence-electron chi connectivity index (χ4n) is 0.189. The van der Waals surface area contributed by atoms with Crippen molar-refractivity contribution in [1.29, 1.82) is 0 Å². The van der Waals surface area contributed by atoms with Crippen LogP contribution >= 0.6 is 29.8 Å². The summed E-state index contributed by atoms with van der Waals surface area (Å²) in [6, 6.07) is 0. The van der Waals surface area contributed by atoms with Crippen molar-refractivity contribution < 1.29 is 14.4 Å². The highest BCUT2D eigenvalue weighted by atomic mass is 35.5. The maximum atomic E-state index is 10.0. The van der Waals surface area contributed by atoms with Gasteiger partial charge in [-0.2, -0.15) is 0 Å². The van der Waals surface area contributed by atoms with Crippen molar-refractivity contribution >= 4 is 29.8 Å². The predicted octanol–water partition coefficient (Wildman–Crippen LogP) is 1.40. The first-order valence-corrected chi connectivity index (χ1v) is 5.33. The highest BCUT2D eigenvalue weighted by molar-refractivity contribution is 8.55. The van der Waals surface area contributed by atoms with E-state index < -0.39 is 11.5 Å². The molecule has 1 atom stereocenters. The second kappa shape index (κ2) is 3.08. The van der Waals surface area contributed by atoms with E-state index in [1.165, 1.54) is 6.92 Å². The molecule has 0 heterocycles. The van der Waals surface area contributed by atoms with Gasteiger partial charge in [-0.1, -0.05) is 0 Å². The molecule has 0 aromatic heterocycles. The predicted molar refractivity (Wildman–Crippen MR) is 35.0 cm³/mol. The Balaban J connectivity index is 3.56. The van der Waals surface area contributed by atoms with Crippen LogP contribution in [0.2, 0.25) is 0 Å². The first kappa shape index (κ1) is 8.79. The van der Waals surface area contributed by atoms with Crippen LogP contribution in [0.25, 0.3) is 0 Å². The monoisotopic (exact) mass is 176 g/mol. The van der Waals surface area contributed by atoms with Crippen LogP contribution in [0.15, 0.2) is 0 Å². The van der Waals surface area contributed by atoms with Crippen molar-refractivity contribution in [3.8, 4) is 0 Å². The molecule has 0 saturated heterocycles. The van der Waals surface area contributed by atoms with Gasteiger partial charge >= 0.3 is 6.80 Å². The van der Waals surface area contributed by atoms with Crippen LogP contribution in [0.5, 0.6) is 0 Å². The van der Waals surface area contributed by atoms with Gasteiger partial charge < -0.3 is 9.79 Å². The average Bonchev–Trinajstić information content (AvgIpc) is 1.21. The maximum absolute atomic E-state index is 10.0. The van der Waals surface area contributed by atoms with Gasteiger partial charge in [0, 0.05) is 0 Å². The Morgan fingerprint density at radius 2 is 2.12 bits per heavy atom. The SMILES string of the molecule is CC(Cl)SP(=O)(O)O. The molecule has 0 amide bonds. The molecule has 2 N–H and O–H groups in total. The van der Waals surface area contributed by atoms with Gasteiger partial charge in [0.15, 0.2) is 0 Å². The largest absolute Gasteiger partial charge is 0.385 e. The van der Waals surface area contributed by atoms with E-state index in [0.717, 1.165) is 0 Å². The molecule has 0 aliphatic rings. The fraction of sp³-hybridized carbons (Fsp3) is 1.00. The number of alkyl halides is 1. The second-order valence-electron chi connectivity index (χ2n) is 1.14. The van der Waals surface area contributed by atoms with E-state index in [4.69, 9.17) is 21.4 Å². The van der Waals surface area contributed by atoms with Crippen molar-refractivity contribution in [1.82, 2.24) is 0 Å². The van der Waals surface area contributed by atoms with Gasteiger partial charge in [0.05, 0.1) is 4.71 Å². The van der Waals surface area contributed by atoms with Crippen LogP contribution < -0.4 is 0 Å². The number of rotatable bonds is 2. The van der Waals surface area contributed by atoms with E-state index in [9.17, 15) is 4.57 Å². The molecule has 8 heavy (non-hydrogen) atoms. The topological polar surface area (TPSA) is 57.5 Å². The van der Waals surface area contributed by atoms with Gasteiger partial charge in [0.2, 0.25) is 0 Å². The minimum Gasteiger partial charge on any atom is -0.317 e. The molecule has 0 saturated carbocycles. The molecule has 0 aromatic carbocycles. The van der Waals surface area contributed by atoms with Gasteiger partial charge in [-0.15, -0.1) is 11.6 Å². The Morgan fingerprint density at radius 1 is 1.75 bits per heavy atom. The average molecular weight is 177 g/mol. The molecule has 1 unspecified atom stereocenters. The summed E-state index contributed by atoms with van der Waals surface area (Å²) in [6.45, 7) is -2.43. The molecule has 50 valence electrons. The standard InChI is InChI=1S/C2H6ClO3PS/c1-2(3)8-7(4,5)6/h2H,1H3,(H2,4,5,6). The van der Waals surface area contributed by atoms with Gasteiger partial charge in [-0.25, -0.2) is 4.57 Å². The smallest absolute Gasteiger partial charge is 0.317 e. The van der Waals surface area contributed by atoms with Crippen molar-refractivity contribution in [2.75, 3.05) is 0 Å². The lowest BCUT2D eigenvalue weighted by Crippen LogP contribution is -1.80. The summed E-state index contributed by atoms with van der Waals surface area (Å²) in [5.41, 5.74) is 0. The molecule has 0 fully saturated rings. The summed E-state index contributed by atoms with van der Waals surface area (Å²) in [5.74, 6) is 0. The lowest BCUT2D eigenvalue weighted by molar-refractivity contribution is 0.397. The Kier molecular flexibility index (Phi) is 3.39. The highest BCUT2D eigenvalue weighted by Gasteiger charge is 2.16. The molecule has 0 radical (unpaired) electrons. The number of halogens is 1. The Labute approximate surface area is 56.3 Å². The lowest BCUT2D eigenvalue weighted by Gasteiger charge is -2.01. The quantitative estimate of drug-likeness (QED) is 0.493. The summed E-state index contributed by atoms with van der Waals surface area (Å²) in [7, 11) is 0. The summed E-state index contributed by atoms with van der Waals surface area (Å²) in [6.07, 6.45) is 0. The number of hydrogen-bond acceptors (Lipinski definition) is 2. The third-order valence-electron chi connectivity index (χ3n) is 0.283. The van der Waals surface area contributed by atoms with Crippen LogP contribution in [-0.4, -0.2) is 14.5 Å². The molecule has 0 aliphatic heterocycles. The van der Waals surface area contributed by atoms with Crippen molar-refractivity contribution in [2.45, 2.75) is 11.6 Å². The van der Waals surface area contributed by atoms with Crippen molar-refractivity contribution in [3.63, 3.8) is 0 Å². The van der Waals surface area contributed by atoms with Crippen LogP contribution in [0.4, 0.5) is 0 Å². The molecule has 0 aliphatic carbocycles. The zero-order valence-electron chi connectivity index (χ0n) is 4.11. The maximum Gasteiger partial charge on any atom is 0.385 e. The molecular formula is C2H6ClO3PS. The Morgan fingerprint density at radius 3 is 2.12 bits per heavy atom. The summed E-state index contributed by atoms with van der Waals surface area (Å²) < 4.78 is 9.48. The minimum atomic E-state index is -3.94. The molecular weight excluding hydrogens is 171 g/mol. The van der Waals surface area contributed by atoms with E-state index in [1.54, 1.807) is 0 Å². The van der Waals surface area contributed by atoms with E-state index in [2.05, 4.69) is 0 Å². The van der Waals surface area contributed by atoms with Crippen LogP contribution in [0.1, 0.15) is 6.92 Å². The van der Waals surface area contributed by atoms with Gasteiger partial charge in [-0.3, -0.25) is 0 Å². The summed E-state index contributed by atoms with van der Waals surface area (Å²) >= 11 is 5.68. The third-order valence-corrected chi connectivity index (χ3v) is 3.26. The fourth-order valence-corrected chi connectivity index (χ4v) is 2.64. The third kappa shape index (κ3) is 6.79. The minimum absolute atomic E-state index is 0.444. The summed E-state index contributed by atoms with van der Waals surface area (Å²) in [4.78, 5) is 16.4. The zero-order valence-corrected chi connectivity index (χ0v) is 6.58. The van der Waals surface area contributed by atoms with E-state index >= 15 is 0 Å². The van der Waals surface area contributed by atoms with Crippen LogP contribution in [0, 0.1) is 0 Å². The molecule has 6 heteroatoms. The first-order chi connectivity index (χ1) is 3.42. The molecule has 0 aromatic rings. The zero-order chi connectivity index (χ0) is 6.78. The van der Waals surface area contributed by atoms with Gasteiger partial charge in [0.1, 0.15) is 0 Å².